The number of likely N-dealkylation sites (tertiary alicyclic amines) is 1. The van der Waals surface area contributed by atoms with Crippen molar-refractivity contribution < 1.29 is 55.7 Å². The van der Waals surface area contributed by atoms with Crippen LogP contribution in [-0.4, -0.2) is 75.1 Å². The topological polar surface area (TPSA) is 129 Å². The zero-order valence-corrected chi connectivity index (χ0v) is 20.2. The van der Waals surface area contributed by atoms with Crippen molar-refractivity contribution in [3.8, 4) is 0 Å². The van der Waals surface area contributed by atoms with Crippen LogP contribution in [0.2, 0.25) is 0 Å². The van der Waals surface area contributed by atoms with Crippen LogP contribution in [0.25, 0.3) is 0 Å². The van der Waals surface area contributed by atoms with Crippen molar-refractivity contribution in [2.75, 3.05) is 6.54 Å². The Morgan fingerprint density at radius 2 is 1.71 bits per heavy atom. The quantitative estimate of drug-likeness (QED) is 0.466. The summed E-state index contributed by atoms with van der Waals surface area (Å²) in [5, 5.41) is 19.3. The SMILES string of the molecule is O=C(NCc1cccnc1)[C@@H]1C[C@@H]2[C@@H](CCN2Cc2cccs2)O1.O=C(O)C(F)(F)F.O=C(O)C(F)(F)F. The van der Waals surface area contributed by atoms with Gasteiger partial charge in [-0.2, -0.15) is 26.3 Å². The average molecular weight is 571 g/mol. The summed E-state index contributed by atoms with van der Waals surface area (Å²) in [4.78, 5) is 38.1. The first kappa shape index (κ1) is 31.0. The van der Waals surface area contributed by atoms with Crippen molar-refractivity contribution in [2.24, 2.45) is 0 Å². The van der Waals surface area contributed by atoms with Gasteiger partial charge in [-0.1, -0.05) is 12.1 Å². The number of fused-ring (bicyclic) bond motifs is 1. The van der Waals surface area contributed by atoms with Gasteiger partial charge in [0, 0.05) is 49.4 Å². The first-order chi connectivity index (χ1) is 17.7. The highest BCUT2D eigenvalue weighted by Gasteiger charge is 2.45. The van der Waals surface area contributed by atoms with Crippen molar-refractivity contribution in [2.45, 2.75) is 56.5 Å². The highest BCUT2D eigenvalue weighted by Crippen LogP contribution is 2.34. The Morgan fingerprint density at radius 3 is 2.21 bits per heavy atom. The van der Waals surface area contributed by atoms with Crippen molar-refractivity contribution >= 4 is 29.2 Å². The van der Waals surface area contributed by atoms with Gasteiger partial charge in [-0.05, 0) is 29.5 Å². The summed E-state index contributed by atoms with van der Waals surface area (Å²) in [6, 6.07) is 8.46. The minimum absolute atomic E-state index is 0.00988. The molecule has 2 saturated heterocycles. The van der Waals surface area contributed by atoms with Crippen molar-refractivity contribution in [1.29, 1.82) is 0 Å². The van der Waals surface area contributed by atoms with Crippen LogP contribution in [0.4, 0.5) is 26.3 Å². The number of aliphatic carboxylic acids is 2. The molecule has 16 heteroatoms. The first-order valence-electron chi connectivity index (χ1n) is 10.9. The molecule has 2 aliphatic rings. The third kappa shape index (κ3) is 9.90. The lowest BCUT2D eigenvalue weighted by molar-refractivity contribution is -0.193. The van der Waals surface area contributed by atoms with Gasteiger partial charge >= 0.3 is 24.3 Å². The highest BCUT2D eigenvalue weighted by atomic mass is 32.1. The Bertz CT molecular complexity index is 1030. The Balaban J connectivity index is 0.000000301. The van der Waals surface area contributed by atoms with E-state index in [0.717, 1.165) is 31.5 Å². The van der Waals surface area contributed by atoms with E-state index in [1.807, 2.05) is 12.1 Å². The summed E-state index contributed by atoms with van der Waals surface area (Å²) in [6.07, 6.45) is -5.00. The second kappa shape index (κ2) is 13.5. The van der Waals surface area contributed by atoms with Gasteiger partial charge in [-0.25, -0.2) is 9.59 Å². The molecule has 210 valence electrons. The van der Waals surface area contributed by atoms with E-state index < -0.39 is 24.3 Å². The number of nitrogens with one attached hydrogen (secondary N) is 1. The first-order valence-corrected chi connectivity index (χ1v) is 11.7. The second-order valence-electron chi connectivity index (χ2n) is 7.99. The zero-order chi connectivity index (χ0) is 28.5. The van der Waals surface area contributed by atoms with Gasteiger partial charge in [-0.15, -0.1) is 11.3 Å². The molecule has 0 unspecified atom stereocenters. The second-order valence-corrected chi connectivity index (χ2v) is 9.02. The molecule has 0 aromatic carbocycles. The minimum atomic E-state index is -5.08. The summed E-state index contributed by atoms with van der Waals surface area (Å²) in [5.41, 5.74) is 1.00. The van der Waals surface area contributed by atoms with Gasteiger partial charge in [0.05, 0.1) is 6.10 Å². The number of carboxylic acids is 2. The van der Waals surface area contributed by atoms with E-state index in [4.69, 9.17) is 24.5 Å². The van der Waals surface area contributed by atoms with E-state index in [0.29, 0.717) is 12.6 Å². The molecule has 2 aromatic heterocycles. The summed E-state index contributed by atoms with van der Waals surface area (Å²) >= 11 is 1.79. The molecule has 0 aliphatic carbocycles. The number of ether oxygens (including phenoxy) is 1. The van der Waals surface area contributed by atoms with Gasteiger partial charge in [0.25, 0.3) is 0 Å². The van der Waals surface area contributed by atoms with Crippen LogP contribution in [0.5, 0.6) is 0 Å². The fourth-order valence-electron chi connectivity index (χ4n) is 3.61. The maximum atomic E-state index is 12.4. The Labute approximate surface area is 216 Å². The number of carboxylic acid groups (broad SMARTS) is 2. The zero-order valence-electron chi connectivity index (χ0n) is 19.4. The number of thiophene rings is 1. The molecule has 0 bridgehead atoms. The van der Waals surface area contributed by atoms with Crippen molar-refractivity contribution in [1.82, 2.24) is 15.2 Å². The molecule has 4 heterocycles. The number of pyridine rings is 1. The lowest BCUT2D eigenvalue weighted by Crippen LogP contribution is -2.36. The predicted molar refractivity (Wildman–Crippen MR) is 120 cm³/mol. The molecular formula is C22H23F6N3O6S. The molecule has 9 nitrogen and oxygen atoms in total. The van der Waals surface area contributed by atoms with E-state index >= 15 is 0 Å². The smallest absolute Gasteiger partial charge is 0.475 e. The fourth-order valence-corrected chi connectivity index (χ4v) is 4.33. The summed E-state index contributed by atoms with van der Waals surface area (Å²) in [6.45, 7) is 2.52. The van der Waals surface area contributed by atoms with Gasteiger partial charge in [0.15, 0.2) is 0 Å². The lowest BCUT2D eigenvalue weighted by atomic mass is 10.1. The number of hydrogen-bond acceptors (Lipinski definition) is 7. The molecule has 0 saturated carbocycles. The summed E-state index contributed by atoms with van der Waals surface area (Å²) < 4.78 is 69.5. The van der Waals surface area contributed by atoms with Crippen LogP contribution in [0.15, 0.2) is 42.0 Å². The number of halogens is 6. The largest absolute Gasteiger partial charge is 0.490 e. The van der Waals surface area contributed by atoms with Crippen molar-refractivity contribution in [3.05, 3.63) is 52.5 Å². The predicted octanol–water partition coefficient (Wildman–Crippen LogP) is 3.46. The summed E-state index contributed by atoms with van der Waals surface area (Å²) in [5.74, 6) is -5.52. The molecule has 2 aliphatic heterocycles. The van der Waals surface area contributed by atoms with Gasteiger partial charge in [0.1, 0.15) is 6.10 Å². The monoisotopic (exact) mass is 571 g/mol. The molecule has 2 aromatic rings. The van der Waals surface area contributed by atoms with Gasteiger partial charge in [-0.3, -0.25) is 14.7 Å². The number of alkyl halides is 6. The van der Waals surface area contributed by atoms with Crippen LogP contribution in [0, 0.1) is 0 Å². The lowest BCUT2D eigenvalue weighted by Gasteiger charge is -2.21. The number of carbonyl (C=O) groups is 3. The third-order valence-electron chi connectivity index (χ3n) is 5.30. The number of rotatable bonds is 5. The average Bonchev–Trinajstić information content (AvgIpc) is 3.57. The normalized spacial score (nSPS) is 20.8. The van der Waals surface area contributed by atoms with E-state index in [1.165, 1.54) is 4.88 Å². The number of amides is 1. The molecule has 3 atom stereocenters. The minimum Gasteiger partial charge on any atom is -0.475 e. The van der Waals surface area contributed by atoms with Crippen LogP contribution < -0.4 is 5.32 Å². The van der Waals surface area contributed by atoms with Crippen LogP contribution in [0.3, 0.4) is 0 Å². The van der Waals surface area contributed by atoms with Crippen LogP contribution in [-0.2, 0) is 32.2 Å². The molecule has 3 N–H and O–H groups in total. The number of nitrogens with zero attached hydrogens (tertiary/aromatic N) is 2. The van der Waals surface area contributed by atoms with Gasteiger partial charge < -0.3 is 20.3 Å². The molecular weight excluding hydrogens is 548 g/mol. The van der Waals surface area contributed by atoms with E-state index in [-0.39, 0.29) is 18.1 Å². The molecule has 0 spiro atoms. The van der Waals surface area contributed by atoms with Gasteiger partial charge in [0.2, 0.25) is 5.91 Å². The van der Waals surface area contributed by atoms with Crippen molar-refractivity contribution in [3.63, 3.8) is 0 Å². The fraction of sp³-hybridized carbons (Fsp3) is 0.455. The highest BCUT2D eigenvalue weighted by molar-refractivity contribution is 7.09. The Hall–Kier alpha value is -3.24. The molecule has 0 radical (unpaired) electrons. The molecule has 2 fully saturated rings. The van der Waals surface area contributed by atoms with E-state index in [9.17, 15) is 31.1 Å². The Kier molecular flexibility index (Phi) is 11.0. The van der Waals surface area contributed by atoms with E-state index in [2.05, 4.69) is 32.7 Å². The Morgan fingerprint density at radius 1 is 1.08 bits per heavy atom. The maximum absolute atomic E-state index is 12.4. The van der Waals surface area contributed by atoms with Crippen LogP contribution >= 0.6 is 11.3 Å². The standard InChI is InChI=1S/C18H21N3O2S.2C2HF3O2/c22-18(20-11-13-3-1-6-19-10-13)17-9-15-16(23-17)5-7-21(15)12-14-4-2-8-24-14;2*3-2(4,5)1(6)7/h1-4,6,8,10,15-17H,5,7,9,11-12H2,(H,20,22);2*(H,6,7)/t15-,16-,17+;;/m1../s1. The maximum Gasteiger partial charge on any atom is 0.490 e. The van der Waals surface area contributed by atoms with E-state index in [1.54, 1.807) is 23.7 Å². The summed E-state index contributed by atoms with van der Waals surface area (Å²) in [7, 11) is 0. The number of aromatic nitrogens is 1. The van der Waals surface area contributed by atoms with Crippen LogP contribution in [0.1, 0.15) is 23.3 Å². The molecule has 38 heavy (non-hydrogen) atoms. The molecule has 1 amide bonds. The molecule has 4 rings (SSSR count). The number of carbonyl (C=O) groups excluding carboxylic acids is 1. The number of hydrogen-bond donors (Lipinski definition) is 3. The third-order valence-corrected chi connectivity index (χ3v) is 6.16.